The highest BCUT2D eigenvalue weighted by Crippen LogP contribution is 2.32. The van der Waals surface area contributed by atoms with Crippen LogP contribution in [0.4, 0.5) is 4.39 Å². The monoisotopic (exact) mass is 307 g/mol. The molecule has 0 bridgehead atoms. The number of alkyl halides is 1. The number of hydrazone groups is 1. The van der Waals surface area contributed by atoms with E-state index in [1.165, 1.54) is 12.4 Å². The fourth-order valence-corrected chi connectivity index (χ4v) is 2.40. The molecule has 2 aliphatic rings. The van der Waals surface area contributed by atoms with Gasteiger partial charge < -0.3 is 16.5 Å². The molecule has 0 aromatic rings. The third kappa shape index (κ3) is 4.12. The number of nitrogens with two attached hydrogens (primary N) is 1. The van der Waals surface area contributed by atoms with E-state index in [9.17, 15) is 4.39 Å². The lowest BCUT2D eigenvalue weighted by Crippen LogP contribution is -2.39. The van der Waals surface area contributed by atoms with Crippen molar-refractivity contribution in [2.45, 2.75) is 44.9 Å². The van der Waals surface area contributed by atoms with Crippen LogP contribution in [0.15, 0.2) is 27.5 Å². The van der Waals surface area contributed by atoms with Crippen molar-refractivity contribution >= 4 is 23.6 Å². The Morgan fingerprint density at radius 2 is 2.36 bits per heavy atom. The van der Waals surface area contributed by atoms with Crippen molar-refractivity contribution < 1.29 is 4.39 Å². The molecule has 0 saturated heterocycles. The van der Waals surface area contributed by atoms with Crippen molar-refractivity contribution in [2.75, 3.05) is 0 Å². The summed E-state index contributed by atoms with van der Waals surface area (Å²) in [6.07, 6.45) is 5.91. The lowest BCUT2D eigenvalue weighted by Gasteiger charge is -2.32. The Morgan fingerprint density at radius 1 is 1.59 bits per heavy atom. The number of nitrogens with zero attached hydrogens (tertiary/aromatic N) is 3. The first-order valence-electron chi connectivity index (χ1n) is 7.42. The van der Waals surface area contributed by atoms with Crippen LogP contribution >= 0.6 is 0 Å². The second-order valence-corrected chi connectivity index (χ2v) is 5.36. The van der Waals surface area contributed by atoms with Gasteiger partial charge in [-0.05, 0) is 18.8 Å². The molecule has 0 aromatic carbocycles. The van der Waals surface area contributed by atoms with E-state index in [-0.39, 0.29) is 12.5 Å². The molecule has 0 aromatic heterocycles. The van der Waals surface area contributed by atoms with Crippen LogP contribution in [-0.4, -0.2) is 35.9 Å². The van der Waals surface area contributed by atoms with Gasteiger partial charge in [-0.1, -0.05) is 13.3 Å². The molecule has 1 aliphatic heterocycles. The van der Waals surface area contributed by atoms with Crippen molar-refractivity contribution in [1.29, 1.82) is 5.41 Å². The quantitative estimate of drug-likeness (QED) is 0.349. The number of amidine groups is 2. The highest BCUT2D eigenvalue weighted by atomic mass is 19.1. The third-order valence-corrected chi connectivity index (χ3v) is 3.75. The van der Waals surface area contributed by atoms with Crippen molar-refractivity contribution in [2.24, 2.45) is 26.7 Å². The van der Waals surface area contributed by atoms with Gasteiger partial charge in [0, 0.05) is 18.6 Å². The second kappa shape index (κ2) is 7.67. The van der Waals surface area contributed by atoms with Crippen molar-refractivity contribution in [3.8, 4) is 0 Å². The maximum absolute atomic E-state index is 13.1. The van der Waals surface area contributed by atoms with E-state index in [0.717, 1.165) is 25.5 Å². The standard InChI is InChI=1S/C14H22FN7/c1-2-9-5-10(6-9)19-14(11(8-17)18-4-3-16)20-13-7-12(15)21-22-13/h3-4,8-10,12,17,21H,2,5-7,16H2,1H3,(H,19,20,22)/b4-3+,17-8?,18-11?. The van der Waals surface area contributed by atoms with Crippen molar-refractivity contribution in [3.63, 3.8) is 0 Å². The van der Waals surface area contributed by atoms with Gasteiger partial charge in [-0.25, -0.2) is 9.38 Å². The molecule has 1 unspecified atom stereocenters. The molecule has 22 heavy (non-hydrogen) atoms. The normalized spacial score (nSPS) is 29.0. The summed E-state index contributed by atoms with van der Waals surface area (Å²) in [7, 11) is 0. The molecule has 1 heterocycles. The molecule has 0 amide bonds. The van der Waals surface area contributed by atoms with Gasteiger partial charge in [0.2, 0.25) is 0 Å². The van der Waals surface area contributed by atoms with E-state index in [1.54, 1.807) is 0 Å². The fourth-order valence-electron chi connectivity index (χ4n) is 2.40. The van der Waals surface area contributed by atoms with Crippen LogP contribution in [0.3, 0.4) is 0 Å². The van der Waals surface area contributed by atoms with E-state index in [0.29, 0.717) is 23.3 Å². The number of aliphatic imine (C=N–C) groups is 2. The van der Waals surface area contributed by atoms with Crippen LogP contribution in [0.5, 0.6) is 0 Å². The van der Waals surface area contributed by atoms with E-state index < -0.39 is 6.30 Å². The predicted octanol–water partition coefficient (Wildman–Crippen LogP) is 1.29. The van der Waals surface area contributed by atoms with E-state index in [1.807, 2.05) is 0 Å². The molecular formula is C14H22FN7. The molecule has 8 heteroatoms. The Hall–Kier alpha value is -2.25. The largest absolute Gasteiger partial charge is 0.403 e. The molecular weight excluding hydrogens is 285 g/mol. The summed E-state index contributed by atoms with van der Waals surface area (Å²) in [6, 6.07) is 0.204. The summed E-state index contributed by atoms with van der Waals surface area (Å²) in [5.74, 6) is 1.59. The molecule has 7 nitrogen and oxygen atoms in total. The second-order valence-electron chi connectivity index (χ2n) is 5.36. The van der Waals surface area contributed by atoms with Gasteiger partial charge in [-0.15, -0.1) is 0 Å². The van der Waals surface area contributed by atoms with Gasteiger partial charge in [0.05, 0.1) is 12.5 Å². The summed E-state index contributed by atoms with van der Waals surface area (Å²) in [5, 5.41) is 14.3. The Bertz CT molecular complexity index is 517. The molecule has 0 spiro atoms. The fraction of sp³-hybridized carbons (Fsp3) is 0.571. The summed E-state index contributed by atoms with van der Waals surface area (Å²) in [6.45, 7) is 2.17. The van der Waals surface area contributed by atoms with Crippen molar-refractivity contribution in [1.82, 2.24) is 10.7 Å². The first kappa shape index (κ1) is 16.1. The molecule has 120 valence electrons. The first-order valence-corrected chi connectivity index (χ1v) is 7.42. The summed E-state index contributed by atoms with van der Waals surface area (Å²) >= 11 is 0. The maximum atomic E-state index is 13.1. The predicted molar refractivity (Wildman–Crippen MR) is 87.0 cm³/mol. The van der Waals surface area contributed by atoms with E-state index >= 15 is 0 Å². The zero-order valence-electron chi connectivity index (χ0n) is 12.6. The molecule has 1 aliphatic carbocycles. The minimum atomic E-state index is -1.19. The van der Waals surface area contributed by atoms with E-state index in [2.05, 4.69) is 32.8 Å². The SMILES string of the molecule is CCC1CC(N=C(NC2=NNC(F)C2)C(C=N)=N/C=C/N)C1. The van der Waals surface area contributed by atoms with Gasteiger partial charge >= 0.3 is 0 Å². The van der Waals surface area contributed by atoms with Gasteiger partial charge in [-0.3, -0.25) is 10.4 Å². The van der Waals surface area contributed by atoms with Crippen LogP contribution in [0.25, 0.3) is 0 Å². The third-order valence-electron chi connectivity index (χ3n) is 3.75. The first-order chi connectivity index (χ1) is 10.7. The molecule has 1 atom stereocenters. The van der Waals surface area contributed by atoms with Gasteiger partial charge in [0.25, 0.3) is 0 Å². The smallest absolute Gasteiger partial charge is 0.191 e. The van der Waals surface area contributed by atoms with Crippen LogP contribution in [0.1, 0.15) is 32.6 Å². The maximum Gasteiger partial charge on any atom is 0.191 e. The average molecular weight is 307 g/mol. The minimum Gasteiger partial charge on any atom is -0.403 e. The highest BCUT2D eigenvalue weighted by molar-refractivity contribution is 6.63. The topological polar surface area (TPSA) is 111 Å². The minimum absolute atomic E-state index is 0.138. The average Bonchev–Trinajstić information content (AvgIpc) is 2.87. The van der Waals surface area contributed by atoms with Gasteiger partial charge in [0.15, 0.2) is 12.1 Å². The zero-order chi connectivity index (χ0) is 15.9. The van der Waals surface area contributed by atoms with E-state index in [4.69, 9.17) is 11.1 Å². The highest BCUT2D eigenvalue weighted by Gasteiger charge is 2.28. The van der Waals surface area contributed by atoms with Crippen LogP contribution in [0.2, 0.25) is 0 Å². The lowest BCUT2D eigenvalue weighted by molar-refractivity contribution is 0.260. The van der Waals surface area contributed by atoms with Gasteiger partial charge in [-0.2, -0.15) is 5.10 Å². The Kier molecular flexibility index (Phi) is 5.62. The number of hydrogen-bond acceptors (Lipinski definition) is 6. The molecule has 2 rings (SSSR count). The van der Waals surface area contributed by atoms with Gasteiger partial charge in [0.1, 0.15) is 11.5 Å². The van der Waals surface area contributed by atoms with Crippen molar-refractivity contribution in [3.05, 3.63) is 12.4 Å². The Morgan fingerprint density at radius 3 is 2.91 bits per heavy atom. The Labute approximate surface area is 129 Å². The molecule has 5 N–H and O–H groups in total. The summed E-state index contributed by atoms with van der Waals surface area (Å²) in [5.41, 5.74) is 7.97. The molecule has 1 saturated carbocycles. The number of rotatable bonds is 5. The Balaban J connectivity index is 2.13. The van der Waals surface area contributed by atoms with Crippen LogP contribution in [-0.2, 0) is 0 Å². The summed E-state index contributed by atoms with van der Waals surface area (Å²) in [4.78, 5) is 8.69. The number of nitrogens with one attached hydrogen (secondary N) is 3. The molecule has 1 fully saturated rings. The zero-order valence-corrected chi connectivity index (χ0v) is 12.6. The molecule has 0 radical (unpaired) electrons. The number of halogens is 1. The van der Waals surface area contributed by atoms with Crippen LogP contribution < -0.4 is 16.5 Å². The number of hydrogen-bond donors (Lipinski definition) is 4. The lowest BCUT2D eigenvalue weighted by atomic mass is 9.79. The van der Waals surface area contributed by atoms with Crippen LogP contribution in [0, 0.1) is 11.3 Å². The summed E-state index contributed by atoms with van der Waals surface area (Å²) < 4.78 is 13.1.